The van der Waals surface area contributed by atoms with Gasteiger partial charge in [-0.1, -0.05) is 0 Å². The second-order valence-electron chi connectivity index (χ2n) is 7.47. The quantitative estimate of drug-likeness (QED) is 0.798. The lowest BCUT2D eigenvalue weighted by Crippen LogP contribution is -2.38. The van der Waals surface area contributed by atoms with Crippen molar-refractivity contribution in [3.63, 3.8) is 0 Å². The number of furan rings is 1. The maximum absolute atomic E-state index is 12.7. The highest BCUT2D eigenvalue weighted by molar-refractivity contribution is 6.00. The van der Waals surface area contributed by atoms with Gasteiger partial charge in [-0.25, -0.2) is 0 Å². The van der Waals surface area contributed by atoms with Crippen molar-refractivity contribution in [3.8, 4) is 11.5 Å². The van der Waals surface area contributed by atoms with Crippen molar-refractivity contribution in [2.24, 2.45) is 5.92 Å². The Hall–Kier alpha value is -3.00. The molecule has 0 saturated carbocycles. The first-order valence-corrected chi connectivity index (χ1v) is 9.70. The van der Waals surface area contributed by atoms with Gasteiger partial charge in [0.1, 0.15) is 19.0 Å². The molecule has 0 aliphatic carbocycles. The van der Waals surface area contributed by atoms with Crippen molar-refractivity contribution in [1.82, 2.24) is 10.2 Å². The Morgan fingerprint density at radius 3 is 2.76 bits per heavy atom. The average Bonchev–Trinajstić information content (AvgIpc) is 3.37. The summed E-state index contributed by atoms with van der Waals surface area (Å²) >= 11 is 0. The monoisotopic (exact) mass is 399 g/mol. The van der Waals surface area contributed by atoms with Crippen LogP contribution >= 0.6 is 0 Å². The van der Waals surface area contributed by atoms with Gasteiger partial charge in [0, 0.05) is 31.3 Å². The first-order chi connectivity index (χ1) is 14.0. The molecule has 1 saturated heterocycles. The minimum atomic E-state index is -0.393. The fraction of sp³-hybridized carbons (Fsp3) is 0.429. The van der Waals surface area contributed by atoms with E-state index in [4.69, 9.17) is 13.9 Å². The number of amides is 2. The number of rotatable bonds is 6. The van der Waals surface area contributed by atoms with Gasteiger partial charge < -0.3 is 24.1 Å². The van der Waals surface area contributed by atoms with Crippen LogP contribution < -0.4 is 19.7 Å². The number of nitrogens with zero attached hydrogens (tertiary/aromatic N) is 2. The topological polar surface area (TPSA) is 84.3 Å². The fourth-order valence-corrected chi connectivity index (χ4v) is 3.69. The molecule has 1 N–H and O–H groups in total. The molecular weight excluding hydrogens is 374 g/mol. The van der Waals surface area contributed by atoms with Crippen LogP contribution in [0.15, 0.2) is 41.0 Å². The van der Waals surface area contributed by atoms with Gasteiger partial charge in [0.25, 0.3) is 0 Å². The smallest absolute Gasteiger partial charge is 0.227 e. The highest BCUT2D eigenvalue weighted by atomic mass is 16.6. The van der Waals surface area contributed by atoms with Crippen molar-refractivity contribution in [3.05, 3.63) is 42.4 Å². The van der Waals surface area contributed by atoms with Crippen LogP contribution in [0.1, 0.15) is 18.2 Å². The molecule has 0 radical (unpaired) electrons. The van der Waals surface area contributed by atoms with Gasteiger partial charge in [-0.15, -0.1) is 0 Å². The average molecular weight is 399 g/mol. The van der Waals surface area contributed by atoms with Crippen LogP contribution in [0.5, 0.6) is 11.5 Å². The number of anilines is 1. The lowest BCUT2D eigenvalue weighted by molar-refractivity contribution is -0.126. The number of nitrogens with one attached hydrogen (secondary N) is 1. The lowest BCUT2D eigenvalue weighted by atomic mass is 10.1. The van der Waals surface area contributed by atoms with Gasteiger partial charge in [-0.2, -0.15) is 0 Å². The molecule has 2 aliphatic heterocycles. The highest BCUT2D eigenvalue weighted by Crippen LogP contribution is 2.36. The number of ether oxygens (including phenoxy) is 2. The summed E-state index contributed by atoms with van der Waals surface area (Å²) in [7, 11) is 3.87. The van der Waals surface area contributed by atoms with Gasteiger partial charge in [-0.3, -0.25) is 14.5 Å². The molecule has 2 amide bonds. The van der Waals surface area contributed by atoms with E-state index in [1.807, 2.05) is 37.2 Å². The maximum atomic E-state index is 12.7. The summed E-state index contributed by atoms with van der Waals surface area (Å²) in [4.78, 5) is 28.9. The van der Waals surface area contributed by atoms with Gasteiger partial charge in [-0.05, 0) is 38.4 Å². The molecule has 2 atom stereocenters. The fourth-order valence-electron chi connectivity index (χ4n) is 3.69. The molecule has 1 aromatic carbocycles. The molecule has 3 heterocycles. The van der Waals surface area contributed by atoms with Crippen molar-refractivity contribution in [2.45, 2.75) is 12.5 Å². The van der Waals surface area contributed by atoms with E-state index >= 15 is 0 Å². The van der Waals surface area contributed by atoms with Crippen LogP contribution in [0, 0.1) is 5.92 Å². The number of likely N-dealkylation sites (N-methyl/N-ethyl adjacent to an activating group) is 1. The van der Waals surface area contributed by atoms with Crippen molar-refractivity contribution >= 4 is 17.5 Å². The third-order valence-corrected chi connectivity index (χ3v) is 5.30. The summed E-state index contributed by atoms with van der Waals surface area (Å²) in [6, 6.07) is 9.07. The molecular formula is C21H25N3O5. The maximum Gasteiger partial charge on any atom is 0.227 e. The highest BCUT2D eigenvalue weighted by Gasteiger charge is 2.36. The molecule has 8 nitrogen and oxygen atoms in total. The van der Waals surface area contributed by atoms with Crippen molar-refractivity contribution in [1.29, 1.82) is 0 Å². The third-order valence-electron chi connectivity index (χ3n) is 5.30. The minimum absolute atomic E-state index is 0.0695. The Morgan fingerprint density at radius 1 is 1.24 bits per heavy atom. The predicted molar refractivity (Wildman–Crippen MR) is 106 cm³/mol. The van der Waals surface area contributed by atoms with E-state index < -0.39 is 5.92 Å². The van der Waals surface area contributed by atoms with E-state index in [9.17, 15) is 9.59 Å². The second kappa shape index (κ2) is 8.16. The summed E-state index contributed by atoms with van der Waals surface area (Å²) in [5.74, 6) is 1.50. The van der Waals surface area contributed by atoms with Crippen LogP contribution in [0.4, 0.5) is 5.69 Å². The molecule has 8 heteroatoms. The van der Waals surface area contributed by atoms with Crippen molar-refractivity contribution < 1.29 is 23.5 Å². The Labute approximate surface area is 169 Å². The first-order valence-electron chi connectivity index (χ1n) is 9.70. The molecule has 2 aliphatic rings. The molecule has 4 rings (SSSR count). The zero-order chi connectivity index (χ0) is 20.4. The van der Waals surface area contributed by atoms with Crippen LogP contribution in [0.3, 0.4) is 0 Å². The van der Waals surface area contributed by atoms with Crippen LogP contribution in [0.2, 0.25) is 0 Å². The molecule has 0 spiro atoms. The second-order valence-corrected chi connectivity index (χ2v) is 7.47. The van der Waals surface area contributed by atoms with E-state index in [0.29, 0.717) is 37.8 Å². The normalized spacial score (nSPS) is 19.5. The number of hydrogen-bond acceptors (Lipinski definition) is 6. The molecule has 154 valence electrons. The van der Waals surface area contributed by atoms with E-state index in [1.165, 1.54) is 0 Å². The SMILES string of the molecule is CN(C)[C@@H](CNC(=O)[C@@H]1CC(=O)N(c2ccc3c(c2)OCCO3)C1)c1ccco1. The molecule has 0 unspecified atom stereocenters. The first kappa shape index (κ1) is 19.3. The van der Waals surface area contributed by atoms with Crippen LogP contribution in [-0.2, 0) is 9.59 Å². The molecule has 29 heavy (non-hydrogen) atoms. The van der Waals surface area contributed by atoms with E-state index in [2.05, 4.69) is 5.32 Å². The van der Waals surface area contributed by atoms with Gasteiger partial charge in [0.05, 0.1) is 18.2 Å². The van der Waals surface area contributed by atoms with E-state index in [0.717, 1.165) is 11.4 Å². The van der Waals surface area contributed by atoms with E-state index in [-0.39, 0.29) is 24.3 Å². The molecule has 1 aromatic heterocycles. The minimum Gasteiger partial charge on any atom is -0.486 e. The predicted octanol–water partition coefficient (Wildman–Crippen LogP) is 1.82. The van der Waals surface area contributed by atoms with Gasteiger partial charge >= 0.3 is 0 Å². The standard InChI is InChI=1S/C21H25N3O5/c1-23(2)16(17-4-3-7-27-17)12-22-21(26)14-10-20(25)24(13-14)15-5-6-18-19(11-15)29-9-8-28-18/h3-7,11,14,16H,8-10,12-13H2,1-2H3,(H,22,26)/t14-,16+/m1/s1. The number of benzene rings is 1. The van der Waals surface area contributed by atoms with Crippen LogP contribution in [-0.4, -0.2) is 57.1 Å². The summed E-state index contributed by atoms with van der Waals surface area (Å²) < 4.78 is 16.6. The zero-order valence-corrected chi connectivity index (χ0v) is 16.6. The Kier molecular flexibility index (Phi) is 5.44. The number of hydrogen-bond donors (Lipinski definition) is 1. The summed E-state index contributed by atoms with van der Waals surface area (Å²) in [5, 5.41) is 2.97. The van der Waals surface area contributed by atoms with Crippen molar-refractivity contribution in [2.75, 3.05) is 45.3 Å². The zero-order valence-electron chi connectivity index (χ0n) is 16.6. The summed E-state index contributed by atoms with van der Waals surface area (Å²) in [6.45, 7) is 1.76. The number of carbonyl (C=O) groups excluding carboxylic acids is 2. The Bertz CT molecular complexity index is 880. The van der Waals surface area contributed by atoms with Gasteiger partial charge in [0.2, 0.25) is 11.8 Å². The molecule has 0 bridgehead atoms. The summed E-state index contributed by atoms with van der Waals surface area (Å²) in [6.07, 6.45) is 1.81. The van der Waals surface area contributed by atoms with Gasteiger partial charge in [0.15, 0.2) is 11.5 Å². The lowest BCUT2D eigenvalue weighted by Gasteiger charge is -2.24. The third kappa shape index (κ3) is 4.07. The molecule has 1 fully saturated rings. The van der Waals surface area contributed by atoms with Crippen LogP contribution in [0.25, 0.3) is 0 Å². The number of carbonyl (C=O) groups is 2. The number of fused-ring (bicyclic) bond motifs is 1. The summed E-state index contributed by atoms with van der Waals surface area (Å²) in [5.41, 5.74) is 0.719. The molecule has 2 aromatic rings. The largest absolute Gasteiger partial charge is 0.486 e. The Morgan fingerprint density at radius 2 is 2.03 bits per heavy atom. The Balaban J connectivity index is 1.39. The van der Waals surface area contributed by atoms with E-state index in [1.54, 1.807) is 23.3 Å².